The molecule has 0 fully saturated rings. The van der Waals surface area contributed by atoms with Crippen LogP contribution >= 0.6 is 0 Å². The lowest BCUT2D eigenvalue weighted by molar-refractivity contribution is 0.147. The monoisotopic (exact) mass is 119 g/mol. The first-order valence-electron chi connectivity index (χ1n) is 2.36. The molecule has 7 heavy (non-hydrogen) atoms. The van der Waals surface area contributed by atoms with Crippen molar-refractivity contribution in [1.29, 1.82) is 0 Å². The van der Waals surface area contributed by atoms with Crippen LogP contribution in [0.4, 0.5) is 0 Å². The second-order valence-corrected chi connectivity index (χ2v) is 7.26. The van der Waals surface area contributed by atoms with Crippen molar-refractivity contribution in [3.63, 3.8) is 0 Å². The summed E-state index contributed by atoms with van der Waals surface area (Å²) in [7, 11) is 0.522. The molecule has 0 aromatic rings. The molecule has 0 amide bonds. The summed E-state index contributed by atoms with van der Waals surface area (Å²) < 4.78 is 0. The van der Waals surface area contributed by atoms with Crippen LogP contribution in [0.1, 0.15) is 0 Å². The van der Waals surface area contributed by atoms with Crippen LogP contribution in [0.2, 0.25) is 19.6 Å². The van der Waals surface area contributed by atoms with Crippen molar-refractivity contribution in [2.45, 2.75) is 19.6 Å². The molecule has 0 aliphatic heterocycles. The topological polar surface area (TPSA) is 21.3 Å². The second kappa shape index (κ2) is 2.45. The molecule has 0 aliphatic carbocycles. The lowest BCUT2D eigenvalue weighted by Gasteiger charge is -2.14. The standard InChI is InChI=1S/C4H13NOSi/c1-6-5-7(2,3)4/h5H,1-4H3. The van der Waals surface area contributed by atoms with Gasteiger partial charge in [0.25, 0.3) is 0 Å². The lowest BCUT2D eigenvalue weighted by atomic mass is 11.7. The van der Waals surface area contributed by atoms with Crippen LogP contribution in [0.3, 0.4) is 0 Å². The van der Waals surface area contributed by atoms with Gasteiger partial charge in [-0.25, -0.2) is 5.15 Å². The molecule has 0 saturated carbocycles. The van der Waals surface area contributed by atoms with Crippen molar-refractivity contribution in [3.05, 3.63) is 0 Å². The van der Waals surface area contributed by atoms with E-state index in [0.717, 1.165) is 0 Å². The van der Waals surface area contributed by atoms with Gasteiger partial charge in [0.2, 0.25) is 0 Å². The van der Waals surface area contributed by atoms with Crippen LogP contribution in [0.15, 0.2) is 0 Å². The summed E-state index contributed by atoms with van der Waals surface area (Å²) in [5, 5.41) is 2.92. The molecule has 3 heteroatoms. The van der Waals surface area contributed by atoms with Crippen LogP contribution in [-0.4, -0.2) is 15.3 Å². The summed E-state index contributed by atoms with van der Waals surface area (Å²) in [5.74, 6) is 0. The molecule has 0 bridgehead atoms. The lowest BCUT2D eigenvalue weighted by Crippen LogP contribution is -2.40. The molecule has 0 radical (unpaired) electrons. The molecule has 1 N–H and O–H groups in total. The van der Waals surface area contributed by atoms with Crippen LogP contribution in [-0.2, 0) is 4.84 Å². The Balaban J connectivity index is 3.15. The molecule has 0 rings (SSSR count). The maximum Gasteiger partial charge on any atom is 0.147 e. The van der Waals surface area contributed by atoms with E-state index in [9.17, 15) is 0 Å². The van der Waals surface area contributed by atoms with Crippen LogP contribution in [0.5, 0.6) is 0 Å². The first-order valence-corrected chi connectivity index (χ1v) is 5.86. The van der Waals surface area contributed by atoms with E-state index in [2.05, 4.69) is 24.8 Å². The maximum atomic E-state index is 4.72. The Kier molecular flexibility index (Phi) is 2.49. The molecule has 0 unspecified atom stereocenters. The van der Waals surface area contributed by atoms with E-state index in [4.69, 9.17) is 4.84 Å². The summed E-state index contributed by atoms with van der Waals surface area (Å²) in [6.45, 7) is 6.53. The number of rotatable bonds is 2. The van der Waals surface area contributed by atoms with Crippen molar-refractivity contribution < 1.29 is 4.84 Å². The summed E-state index contributed by atoms with van der Waals surface area (Å²) in [4.78, 5) is 4.72. The van der Waals surface area contributed by atoms with E-state index < -0.39 is 8.24 Å². The van der Waals surface area contributed by atoms with Crippen molar-refractivity contribution in [2.24, 2.45) is 0 Å². The molecule has 0 aromatic carbocycles. The number of hydrogen-bond acceptors (Lipinski definition) is 2. The quantitative estimate of drug-likeness (QED) is 0.432. The average molecular weight is 119 g/mol. The fourth-order valence-electron chi connectivity index (χ4n) is 0.306. The van der Waals surface area contributed by atoms with Crippen molar-refractivity contribution >= 4 is 8.24 Å². The Hall–Kier alpha value is 0.137. The molecule has 0 saturated heterocycles. The molecular weight excluding hydrogens is 106 g/mol. The summed E-state index contributed by atoms with van der Waals surface area (Å²) >= 11 is 0. The fourth-order valence-corrected chi connectivity index (χ4v) is 0.919. The van der Waals surface area contributed by atoms with Gasteiger partial charge >= 0.3 is 0 Å². The highest BCUT2D eigenvalue weighted by Gasteiger charge is 2.10. The van der Waals surface area contributed by atoms with Crippen molar-refractivity contribution in [3.8, 4) is 0 Å². The van der Waals surface area contributed by atoms with E-state index in [1.165, 1.54) is 0 Å². The van der Waals surface area contributed by atoms with E-state index in [0.29, 0.717) is 0 Å². The Morgan fingerprint density at radius 2 is 1.71 bits per heavy atom. The Bertz CT molecular complexity index is 50.1. The van der Waals surface area contributed by atoms with Gasteiger partial charge in [0.15, 0.2) is 0 Å². The normalized spacial score (nSPS) is 12.0. The smallest absolute Gasteiger partial charge is 0.147 e. The van der Waals surface area contributed by atoms with E-state index in [1.807, 2.05) is 0 Å². The zero-order valence-electron chi connectivity index (χ0n) is 5.41. The van der Waals surface area contributed by atoms with E-state index in [-0.39, 0.29) is 0 Å². The minimum Gasteiger partial charge on any atom is -0.312 e. The highest BCUT2D eigenvalue weighted by Crippen LogP contribution is 1.91. The fraction of sp³-hybridized carbons (Fsp3) is 1.00. The van der Waals surface area contributed by atoms with Crippen LogP contribution in [0, 0.1) is 0 Å². The van der Waals surface area contributed by atoms with Gasteiger partial charge in [0.05, 0.1) is 7.11 Å². The third-order valence-electron chi connectivity index (χ3n) is 0.408. The zero-order chi connectivity index (χ0) is 5.91. The average Bonchev–Trinajstić information content (AvgIpc) is 1.30. The predicted molar refractivity (Wildman–Crippen MR) is 33.5 cm³/mol. The first kappa shape index (κ1) is 7.14. The molecular formula is C4H13NOSi. The minimum atomic E-state index is -1.13. The van der Waals surface area contributed by atoms with Gasteiger partial charge < -0.3 is 4.84 Å². The zero-order valence-corrected chi connectivity index (χ0v) is 6.41. The molecule has 2 nitrogen and oxygen atoms in total. The number of nitrogens with one attached hydrogen (secondary N) is 1. The molecule has 0 heterocycles. The highest BCUT2D eigenvalue weighted by molar-refractivity contribution is 6.73. The van der Waals surface area contributed by atoms with Gasteiger partial charge in [-0.3, -0.25) is 0 Å². The summed E-state index contributed by atoms with van der Waals surface area (Å²) in [5.41, 5.74) is 0. The SMILES string of the molecule is CON[Si](C)(C)C. The van der Waals surface area contributed by atoms with Crippen molar-refractivity contribution in [2.75, 3.05) is 7.11 Å². The van der Waals surface area contributed by atoms with Gasteiger partial charge in [0, 0.05) is 0 Å². The van der Waals surface area contributed by atoms with Gasteiger partial charge in [-0.05, 0) is 0 Å². The molecule has 44 valence electrons. The Labute approximate surface area is 45.9 Å². The summed E-state index contributed by atoms with van der Waals surface area (Å²) in [6.07, 6.45) is 0. The van der Waals surface area contributed by atoms with Gasteiger partial charge in [-0.1, -0.05) is 19.6 Å². The first-order chi connectivity index (χ1) is 3.06. The minimum absolute atomic E-state index is 1.13. The van der Waals surface area contributed by atoms with E-state index >= 15 is 0 Å². The maximum absolute atomic E-state index is 4.72. The van der Waals surface area contributed by atoms with Crippen molar-refractivity contribution in [1.82, 2.24) is 5.15 Å². The van der Waals surface area contributed by atoms with Gasteiger partial charge in [-0.2, -0.15) is 0 Å². The molecule has 0 aliphatic rings. The Morgan fingerprint density at radius 1 is 1.29 bits per heavy atom. The Morgan fingerprint density at radius 3 is 1.71 bits per heavy atom. The molecule has 0 aromatic heterocycles. The third-order valence-corrected chi connectivity index (χ3v) is 1.22. The van der Waals surface area contributed by atoms with Crippen LogP contribution in [0.25, 0.3) is 0 Å². The summed E-state index contributed by atoms with van der Waals surface area (Å²) in [6, 6.07) is 0. The number of hydrogen-bond donors (Lipinski definition) is 1. The van der Waals surface area contributed by atoms with E-state index in [1.54, 1.807) is 7.11 Å². The third kappa shape index (κ3) is 6.14. The molecule has 0 atom stereocenters. The predicted octanol–water partition coefficient (Wildman–Crippen LogP) is 0.972. The van der Waals surface area contributed by atoms with Gasteiger partial charge in [-0.15, -0.1) is 0 Å². The highest BCUT2D eigenvalue weighted by atomic mass is 28.3. The largest absolute Gasteiger partial charge is 0.312 e. The van der Waals surface area contributed by atoms with Gasteiger partial charge in [0.1, 0.15) is 8.24 Å². The van der Waals surface area contributed by atoms with Crippen LogP contribution < -0.4 is 5.15 Å². The molecule has 0 spiro atoms. The second-order valence-electron chi connectivity index (χ2n) is 2.56.